The Hall–Kier alpha value is -2.44. The summed E-state index contributed by atoms with van der Waals surface area (Å²) in [5, 5.41) is 16.9. The van der Waals surface area contributed by atoms with Gasteiger partial charge in [-0.15, -0.1) is 0 Å². The van der Waals surface area contributed by atoms with Gasteiger partial charge in [-0.05, 0) is 33.3 Å². The molecule has 0 fully saturated rings. The lowest BCUT2D eigenvalue weighted by Gasteiger charge is -2.15. The third-order valence-corrected chi connectivity index (χ3v) is 3.88. The fourth-order valence-electron chi connectivity index (χ4n) is 2.61. The number of carbonyl (C=O) groups is 2. The lowest BCUT2D eigenvalue weighted by atomic mass is 10.1. The Morgan fingerprint density at radius 2 is 2.08 bits per heavy atom. The molecular formula is C17H24N4O3. The number of nitrogens with zero attached hydrogens (tertiary/aromatic N) is 3. The Balaban J connectivity index is 2.37. The molecule has 1 unspecified atom stereocenters. The molecule has 0 aliphatic heterocycles. The van der Waals surface area contributed by atoms with Gasteiger partial charge in [-0.1, -0.05) is 19.8 Å². The molecule has 0 aliphatic rings. The zero-order valence-corrected chi connectivity index (χ0v) is 14.5. The number of aryl methyl sites for hydroxylation is 1. The van der Waals surface area contributed by atoms with Gasteiger partial charge < -0.3 is 10.4 Å². The van der Waals surface area contributed by atoms with Gasteiger partial charge in [-0.2, -0.15) is 5.10 Å². The summed E-state index contributed by atoms with van der Waals surface area (Å²) in [6, 6.07) is 0.896. The van der Waals surface area contributed by atoms with Crippen LogP contribution in [0, 0.1) is 6.92 Å². The minimum atomic E-state index is -1.02. The molecule has 0 bridgehead atoms. The largest absolute Gasteiger partial charge is 0.480 e. The predicted octanol–water partition coefficient (Wildman–Crippen LogP) is 2.69. The molecule has 1 amide bonds. The number of rotatable bonds is 7. The molecule has 2 heterocycles. The van der Waals surface area contributed by atoms with E-state index >= 15 is 0 Å². The van der Waals surface area contributed by atoms with E-state index in [1.807, 2.05) is 20.8 Å². The van der Waals surface area contributed by atoms with E-state index in [0.29, 0.717) is 28.7 Å². The van der Waals surface area contributed by atoms with Crippen molar-refractivity contribution < 1.29 is 14.7 Å². The first-order valence-electron chi connectivity index (χ1n) is 8.23. The number of hydrogen-bond acceptors (Lipinski definition) is 4. The Kier molecular flexibility index (Phi) is 5.54. The summed E-state index contributed by atoms with van der Waals surface area (Å²) in [7, 11) is 0. The molecule has 2 N–H and O–H groups in total. The molecule has 7 nitrogen and oxygen atoms in total. The molecule has 1 atom stereocenters. The van der Waals surface area contributed by atoms with Crippen LogP contribution in [0.3, 0.4) is 0 Å². The number of hydrogen-bond donors (Lipinski definition) is 2. The quantitative estimate of drug-likeness (QED) is 0.812. The van der Waals surface area contributed by atoms with Gasteiger partial charge in [0.05, 0.1) is 17.1 Å². The van der Waals surface area contributed by atoms with E-state index < -0.39 is 17.9 Å². The van der Waals surface area contributed by atoms with Gasteiger partial charge in [0.25, 0.3) is 5.91 Å². The number of carboxylic acids is 1. The van der Waals surface area contributed by atoms with Crippen molar-refractivity contribution in [1.82, 2.24) is 20.1 Å². The molecular weight excluding hydrogens is 308 g/mol. The molecule has 0 spiro atoms. The van der Waals surface area contributed by atoms with E-state index in [2.05, 4.69) is 15.4 Å². The van der Waals surface area contributed by atoms with E-state index in [4.69, 9.17) is 0 Å². The number of aliphatic carboxylic acids is 1. The second-order valence-corrected chi connectivity index (χ2v) is 6.24. The molecule has 7 heteroatoms. The average Bonchev–Trinajstić information content (AvgIpc) is 2.93. The third-order valence-electron chi connectivity index (χ3n) is 3.88. The van der Waals surface area contributed by atoms with Crippen LogP contribution in [-0.4, -0.2) is 37.8 Å². The lowest BCUT2D eigenvalue weighted by Crippen LogP contribution is -2.40. The number of aromatic nitrogens is 3. The number of nitrogens with one attached hydrogen (secondary N) is 1. The Labute approximate surface area is 141 Å². The highest BCUT2D eigenvalue weighted by atomic mass is 16.4. The minimum absolute atomic E-state index is 0.115. The van der Waals surface area contributed by atoms with Crippen LogP contribution in [0.1, 0.15) is 62.1 Å². The summed E-state index contributed by atoms with van der Waals surface area (Å²) in [6.45, 7) is 7.76. The maximum absolute atomic E-state index is 12.6. The second-order valence-electron chi connectivity index (χ2n) is 6.24. The zero-order chi connectivity index (χ0) is 17.9. The van der Waals surface area contributed by atoms with E-state index in [-0.39, 0.29) is 6.04 Å². The van der Waals surface area contributed by atoms with Crippen molar-refractivity contribution in [2.45, 2.75) is 59.0 Å². The van der Waals surface area contributed by atoms with Gasteiger partial charge in [0.1, 0.15) is 6.04 Å². The van der Waals surface area contributed by atoms with Crippen LogP contribution >= 0.6 is 0 Å². The normalized spacial score (nSPS) is 12.5. The molecule has 2 rings (SSSR count). The molecule has 24 heavy (non-hydrogen) atoms. The van der Waals surface area contributed by atoms with Gasteiger partial charge in [0.2, 0.25) is 0 Å². The van der Waals surface area contributed by atoms with Crippen LogP contribution in [0.25, 0.3) is 11.0 Å². The minimum Gasteiger partial charge on any atom is -0.480 e. The fraction of sp³-hybridized carbons (Fsp3) is 0.529. The van der Waals surface area contributed by atoms with Crippen molar-refractivity contribution >= 4 is 22.9 Å². The SMILES string of the molecule is CCCCC(NC(=O)c1cc(C)nc2c1cnn2C(C)C)C(=O)O. The maximum Gasteiger partial charge on any atom is 0.326 e. The van der Waals surface area contributed by atoms with Gasteiger partial charge in [0, 0.05) is 11.7 Å². The van der Waals surface area contributed by atoms with Crippen LogP contribution in [0.2, 0.25) is 0 Å². The molecule has 0 aliphatic carbocycles. The fourth-order valence-corrected chi connectivity index (χ4v) is 2.61. The summed E-state index contributed by atoms with van der Waals surface area (Å²) in [5.74, 6) is -1.42. The van der Waals surface area contributed by atoms with Crippen molar-refractivity contribution in [2.75, 3.05) is 0 Å². The number of amides is 1. The topological polar surface area (TPSA) is 97.1 Å². The summed E-state index contributed by atoms with van der Waals surface area (Å²) in [6.07, 6.45) is 3.64. The van der Waals surface area contributed by atoms with Crippen molar-refractivity contribution in [3.05, 3.63) is 23.5 Å². The summed E-state index contributed by atoms with van der Waals surface area (Å²) >= 11 is 0. The van der Waals surface area contributed by atoms with E-state index in [1.54, 1.807) is 23.9 Å². The van der Waals surface area contributed by atoms with Gasteiger partial charge in [-0.3, -0.25) is 4.79 Å². The highest BCUT2D eigenvalue weighted by molar-refractivity contribution is 6.06. The van der Waals surface area contributed by atoms with Crippen LogP contribution in [-0.2, 0) is 4.79 Å². The number of carboxylic acid groups (broad SMARTS) is 1. The first-order valence-corrected chi connectivity index (χ1v) is 8.23. The number of pyridine rings is 1. The Morgan fingerprint density at radius 3 is 2.67 bits per heavy atom. The van der Waals surface area contributed by atoms with Gasteiger partial charge >= 0.3 is 5.97 Å². The highest BCUT2D eigenvalue weighted by Gasteiger charge is 2.23. The van der Waals surface area contributed by atoms with Crippen molar-refractivity contribution in [2.24, 2.45) is 0 Å². The van der Waals surface area contributed by atoms with Crippen molar-refractivity contribution in [3.63, 3.8) is 0 Å². The van der Waals surface area contributed by atoms with Gasteiger partial charge in [-0.25, -0.2) is 14.5 Å². The molecule has 2 aromatic heterocycles. The number of carbonyl (C=O) groups excluding carboxylic acids is 1. The molecule has 0 saturated heterocycles. The predicted molar refractivity (Wildman–Crippen MR) is 91.1 cm³/mol. The van der Waals surface area contributed by atoms with E-state index in [1.165, 1.54) is 0 Å². The van der Waals surface area contributed by atoms with Crippen LogP contribution in [0.5, 0.6) is 0 Å². The maximum atomic E-state index is 12.6. The molecule has 2 aromatic rings. The Morgan fingerprint density at radius 1 is 1.38 bits per heavy atom. The number of fused-ring (bicyclic) bond motifs is 1. The smallest absolute Gasteiger partial charge is 0.326 e. The van der Waals surface area contributed by atoms with Crippen LogP contribution in [0.4, 0.5) is 0 Å². The third kappa shape index (κ3) is 3.72. The molecule has 130 valence electrons. The summed E-state index contributed by atoms with van der Waals surface area (Å²) in [4.78, 5) is 28.4. The summed E-state index contributed by atoms with van der Waals surface area (Å²) in [5.41, 5.74) is 1.73. The Bertz CT molecular complexity index is 752. The average molecular weight is 332 g/mol. The van der Waals surface area contributed by atoms with Gasteiger partial charge in [0.15, 0.2) is 5.65 Å². The molecule has 0 radical (unpaired) electrons. The van der Waals surface area contributed by atoms with Crippen LogP contribution in [0.15, 0.2) is 12.3 Å². The molecule has 0 saturated carbocycles. The van der Waals surface area contributed by atoms with Crippen molar-refractivity contribution in [1.29, 1.82) is 0 Å². The number of unbranched alkanes of at least 4 members (excludes halogenated alkanes) is 1. The highest BCUT2D eigenvalue weighted by Crippen LogP contribution is 2.21. The lowest BCUT2D eigenvalue weighted by molar-refractivity contribution is -0.139. The second kappa shape index (κ2) is 7.42. The van der Waals surface area contributed by atoms with Crippen molar-refractivity contribution in [3.8, 4) is 0 Å². The standard InChI is InChI=1S/C17H24N4O3/c1-5-6-7-14(17(23)24)20-16(22)12-8-11(4)19-15-13(12)9-18-21(15)10(2)3/h8-10,14H,5-7H2,1-4H3,(H,20,22)(H,23,24). The van der Waals surface area contributed by atoms with Crippen LogP contribution < -0.4 is 5.32 Å². The zero-order valence-electron chi connectivity index (χ0n) is 14.5. The monoisotopic (exact) mass is 332 g/mol. The summed E-state index contributed by atoms with van der Waals surface area (Å²) < 4.78 is 1.75. The first kappa shape index (κ1) is 17.9. The van der Waals surface area contributed by atoms with E-state index in [0.717, 1.165) is 12.8 Å². The van der Waals surface area contributed by atoms with E-state index in [9.17, 15) is 14.7 Å². The molecule has 0 aromatic carbocycles. The first-order chi connectivity index (χ1) is 11.3.